The summed E-state index contributed by atoms with van der Waals surface area (Å²) in [4.78, 5) is 26.6. The van der Waals surface area contributed by atoms with E-state index >= 15 is 0 Å². The van der Waals surface area contributed by atoms with Crippen molar-refractivity contribution < 1.29 is 19.1 Å². The average molecular weight is 343 g/mol. The highest BCUT2D eigenvalue weighted by atomic mass is 16.8. The summed E-state index contributed by atoms with van der Waals surface area (Å²) in [6, 6.07) is 10.2. The molecule has 1 aliphatic carbocycles. The Morgan fingerprint density at radius 2 is 1.80 bits per heavy atom. The number of cyclic esters (lactones) is 1. The molecule has 1 atom stereocenters. The number of hydrogen-bond donors (Lipinski definition) is 0. The highest BCUT2D eigenvalue weighted by molar-refractivity contribution is 5.84. The van der Waals surface area contributed by atoms with Crippen molar-refractivity contribution in [3.8, 4) is 0 Å². The highest BCUT2D eigenvalue weighted by Crippen LogP contribution is 2.40. The first-order valence-corrected chi connectivity index (χ1v) is 9.36. The molecule has 4 rings (SSSR count). The summed E-state index contributed by atoms with van der Waals surface area (Å²) < 4.78 is 10.3. The second-order valence-electron chi connectivity index (χ2n) is 7.58. The first kappa shape index (κ1) is 16.4. The third-order valence-electron chi connectivity index (χ3n) is 6.04. The molecular formula is C20H25NO4. The quantitative estimate of drug-likeness (QED) is 0.789. The second-order valence-corrected chi connectivity index (χ2v) is 7.58. The van der Waals surface area contributed by atoms with E-state index in [0.29, 0.717) is 38.5 Å². The molecule has 3 aliphatic rings. The SMILES string of the molecule is O=C1OCC2(CCN(C(=O)[C@H](c3ccccc3)C3CCCC3)CC2)O1. The van der Waals surface area contributed by atoms with E-state index in [4.69, 9.17) is 9.47 Å². The molecule has 5 heteroatoms. The topological polar surface area (TPSA) is 55.8 Å². The zero-order valence-electron chi connectivity index (χ0n) is 14.5. The molecule has 3 fully saturated rings. The van der Waals surface area contributed by atoms with Gasteiger partial charge in [-0.3, -0.25) is 4.79 Å². The molecule has 0 unspecified atom stereocenters. The van der Waals surface area contributed by atoms with E-state index in [1.54, 1.807) is 0 Å². The molecular weight excluding hydrogens is 318 g/mol. The first-order valence-electron chi connectivity index (χ1n) is 9.36. The minimum Gasteiger partial charge on any atom is -0.430 e. The fraction of sp³-hybridized carbons (Fsp3) is 0.600. The summed E-state index contributed by atoms with van der Waals surface area (Å²) in [6.45, 7) is 1.58. The smallest absolute Gasteiger partial charge is 0.430 e. The van der Waals surface area contributed by atoms with Crippen LogP contribution in [0.1, 0.15) is 50.0 Å². The van der Waals surface area contributed by atoms with Gasteiger partial charge in [0.05, 0.1) is 5.92 Å². The zero-order valence-corrected chi connectivity index (χ0v) is 14.5. The van der Waals surface area contributed by atoms with Gasteiger partial charge in [0.1, 0.15) is 6.61 Å². The van der Waals surface area contributed by atoms with Gasteiger partial charge in [-0.2, -0.15) is 0 Å². The van der Waals surface area contributed by atoms with Gasteiger partial charge < -0.3 is 14.4 Å². The number of nitrogens with zero attached hydrogens (tertiary/aromatic N) is 1. The van der Waals surface area contributed by atoms with Gasteiger partial charge in [-0.1, -0.05) is 43.2 Å². The molecule has 0 aromatic heterocycles. The number of carbonyl (C=O) groups excluding carboxylic acids is 2. The number of amides is 1. The number of benzene rings is 1. The fourth-order valence-corrected chi connectivity index (χ4v) is 4.57. The fourth-order valence-electron chi connectivity index (χ4n) is 4.57. The Morgan fingerprint density at radius 1 is 1.12 bits per heavy atom. The lowest BCUT2D eigenvalue weighted by Gasteiger charge is -2.38. The molecule has 0 bridgehead atoms. The largest absolute Gasteiger partial charge is 0.509 e. The minimum atomic E-state index is -0.576. The minimum absolute atomic E-state index is 0.0415. The van der Waals surface area contributed by atoms with Crippen molar-refractivity contribution in [3.05, 3.63) is 35.9 Å². The predicted molar refractivity (Wildman–Crippen MR) is 92.1 cm³/mol. The van der Waals surface area contributed by atoms with E-state index in [-0.39, 0.29) is 11.8 Å². The molecule has 2 aliphatic heterocycles. The molecule has 1 aromatic carbocycles. The molecule has 0 radical (unpaired) electrons. The molecule has 1 amide bonds. The maximum absolute atomic E-state index is 13.3. The van der Waals surface area contributed by atoms with Crippen molar-refractivity contribution in [2.45, 2.75) is 50.0 Å². The molecule has 1 saturated carbocycles. The van der Waals surface area contributed by atoms with Gasteiger partial charge in [-0.15, -0.1) is 0 Å². The van der Waals surface area contributed by atoms with Crippen LogP contribution in [0.3, 0.4) is 0 Å². The number of likely N-dealkylation sites (tertiary alicyclic amines) is 1. The Morgan fingerprint density at radius 3 is 2.40 bits per heavy atom. The standard InChI is InChI=1S/C20H25NO4/c22-18(21-12-10-20(11-13-21)14-24-19(23)25-20)17(16-8-4-5-9-16)15-6-2-1-3-7-15/h1-3,6-7,16-17H,4-5,8-14H2/t17-/m1/s1. The molecule has 1 spiro atoms. The van der Waals surface area contributed by atoms with Crippen LogP contribution in [-0.4, -0.2) is 42.3 Å². The first-order chi connectivity index (χ1) is 12.2. The van der Waals surface area contributed by atoms with Gasteiger partial charge in [0.2, 0.25) is 5.91 Å². The van der Waals surface area contributed by atoms with Crippen LogP contribution < -0.4 is 0 Å². The molecule has 134 valence electrons. The molecule has 2 saturated heterocycles. The summed E-state index contributed by atoms with van der Waals surface area (Å²) in [5.74, 6) is 0.636. The van der Waals surface area contributed by atoms with Crippen LogP contribution in [0.4, 0.5) is 4.79 Å². The second kappa shape index (κ2) is 6.70. The summed E-state index contributed by atoms with van der Waals surface area (Å²) in [5.41, 5.74) is 0.624. The van der Waals surface area contributed by atoms with E-state index in [1.165, 1.54) is 12.8 Å². The van der Waals surface area contributed by atoms with E-state index in [1.807, 2.05) is 23.1 Å². The maximum Gasteiger partial charge on any atom is 0.509 e. The monoisotopic (exact) mass is 343 g/mol. The van der Waals surface area contributed by atoms with Crippen LogP contribution in [0.15, 0.2) is 30.3 Å². The summed E-state index contributed by atoms with van der Waals surface area (Å²) in [6.07, 6.45) is 5.46. The van der Waals surface area contributed by atoms with Crippen LogP contribution in [0.25, 0.3) is 0 Å². The van der Waals surface area contributed by atoms with Crippen LogP contribution in [0.5, 0.6) is 0 Å². The molecule has 5 nitrogen and oxygen atoms in total. The van der Waals surface area contributed by atoms with Gasteiger partial charge >= 0.3 is 6.16 Å². The van der Waals surface area contributed by atoms with Gasteiger partial charge in [-0.05, 0) is 24.3 Å². The van der Waals surface area contributed by atoms with Gasteiger partial charge in [0, 0.05) is 25.9 Å². The molecule has 2 heterocycles. The lowest BCUT2D eigenvalue weighted by atomic mass is 9.82. The van der Waals surface area contributed by atoms with Gasteiger partial charge in [0.15, 0.2) is 5.60 Å². The van der Waals surface area contributed by atoms with Crippen molar-refractivity contribution >= 4 is 12.1 Å². The van der Waals surface area contributed by atoms with E-state index in [0.717, 1.165) is 18.4 Å². The number of hydrogen-bond acceptors (Lipinski definition) is 4. The Hall–Kier alpha value is -2.04. The molecule has 1 aromatic rings. The van der Waals surface area contributed by atoms with Crippen molar-refractivity contribution in [3.63, 3.8) is 0 Å². The van der Waals surface area contributed by atoms with Crippen molar-refractivity contribution in [2.75, 3.05) is 19.7 Å². The van der Waals surface area contributed by atoms with Crippen molar-refractivity contribution in [2.24, 2.45) is 5.92 Å². The third kappa shape index (κ3) is 3.24. The molecule has 0 N–H and O–H groups in total. The summed E-state index contributed by atoms with van der Waals surface area (Å²) >= 11 is 0. The third-order valence-corrected chi connectivity index (χ3v) is 6.04. The number of ether oxygens (including phenoxy) is 2. The van der Waals surface area contributed by atoms with Gasteiger partial charge in [0.25, 0.3) is 0 Å². The Kier molecular flexibility index (Phi) is 4.40. The lowest BCUT2D eigenvalue weighted by Crippen LogP contribution is -2.49. The predicted octanol–water partition coefficient (Wildman–Crippen LogP) is 3.49. The van der Waals surface area contributed by atoms with E-state index in [2.05, 4.69) is 12.1 Å². The van der Waals surface area contributed by atoms with Crippen LogP contribution >= 0.6 is 0 Å². The number of rotatable bonds is 3. The van der Waals surface area contributed by atoms with Gasteiger partial charge in [-0.25, -0.2) is 4.79 Å². The zero-order chi connectivity index (χ0) is 17.3. The maximum atomic E-state index is 13.3. The van der Waals surface area contributed by atoms with E-state index < -0.39 is 11.8 Å². The summed E-state index contributed by atoms with van der Waals surface area (Å²) in [5, 5.41) is 0. The number of piperidine rings is 1. The van der Waals surface area contributed by atoms with Crippen molar-refractivity contribution in [1.82, 2.24) is 4.90 Å². The lowest BCUT2D eigenvalue weighted by molar-refractivity contribution is -0.137. The summed E-state index contributed by atoms with van der Waals surface area (Å²) in [7, 11) is 0. The van der Waals surface area contributed by atoms with Crippen LogP contribution in [0.2, 0.25) is 0 Å². The normalized spacial score (nSPS) is 24.2. The Bertz CT molecular complexity index is 630. The average Bonchev–Trinajstić information content (AvgIpc) is 3.27. The van der Waals surface area contributed by atoms with Crippen LogP contribution in [-0.2, 0) is 14.3 Å². The Labute approximate surface area is 148 Å². The highest BCUT2D eigenvalue weighted by Gasteiger charge is 2.46. The molecule has 25 heavy (non-hydrogen) atoms. The van der Waals surface area contributed by atoms with Crippen molar-refractivity contribution in [1.29, 1.82) is 0 Å². The van der Waals surface area contributed by atoms with Crippen LogP contribution in [0, 0.1) is 5.92 Å². The van der Waals surface area contributed by atoms with E-state index in [9.17, 15) is 9.59 Å². The Balaban J connectivity index is 1.48. The number of carbonyl (C=O) groups is 2.